The van der Waals surface area contributed by atoms with E-state index in [4.69, 9.17) is 4.74 Å². The summed E-state index contributed by atoms with van der Waals surface area (Å²) in [6.07, 6.45) is 1.54. The molecule has 1 aliphatic rings. The van der Waals surface area contributed by atoms with Crippen LogP contribution in [0.2, 0.25) is 0 Å². The highest BCUT2D eigenvalue weighted by atomic mass is 79.9. The van der Waals surface area contributed by atoms with Crippen LogP contribution in [0.3, 0.4) is 0 Å². The summed E-state index contributed by atoms with van der Waals surface area (Å²) in [7, 11) is 0. The summed E-state index contributed by atoms with van der Waals surface area (Å²) in [5.74, 6) is -0.603. The van der Waals surface area contributed by atoms with Crippen molar-refractivity contribution in [3.63, 3.8) is 0 Å². The van der Waals surface area contributed by atoms with Crippen molar-refractivity contribution in [2.24, 2.45) is 0 Å². The molecule has 0 bridgehead atoms. The number of imide groups is 1. The number of hydrogen-bond donors (Lipinski definition) is 1. The highest BCUT2D eigenvalue weighted by Crippen LogP contribution is 2.35. The maximum Gasteiger partial charge on any atom is 0.294 e. The summed E-state index contributed by atoms with van der Waals surface area (Å²) in [4.78, 5) is 49.6. The van der Waals surface area contributed by atoms with Gasteiger partial charge in [-0.3, -0.25) is 29.4 Å². The minimum Gasteiger partial charge on any atom is -0.488 e. The highest BCUT2D eigenvalue weighted by Gasteiger charge is 2.36. The molecule has 3 aromatic rings. The van der Waals surface area contributed by atoms with E-state index in [1.54, 1.807) is 42.5 Å². The topological polar surface area (TPSA) is 119 Å². The molecule has 9 nitrogen and oxygen atoms in total. The Morgan fingerprint density at radius 1 is 1.08 bits per heavy atom. The summed E-state index contributed by atoms with van der Waals surface area (Å²) in [6.45, 7) is 3.63. The predicted octanol–water partition coefficient (Wildman–Crippen LogP) is 6.23. The second-order valence-electron chi connectivity index (χ2n) is 8.51. The van der Waals surface area contributed by atoms with Gasteiger partial charge in [0.15, 0.2) is 0 Å². The molecule has 194 valence electrons. The minimum absolute atomic E-state index is 0.0172. The number of non-ortho nitro benzene ring substituents is 1. The number of amides is 3. The number of thioether (sulfide) groups is 1. The van der Waals surface area contributed by atoms with Gasteiger partial charge < -0.3 is 10.1 Å². The van der Waals surface area contributed by atoms with Crippen LogP contribution in [0.1, 0.15) is 22.3 Å². The quantitative estimate of drug-likeness (QED) is 0.186. The normalized spacial score (nSPS) is 14.2. The van der Waals surface area contributed by atoms with Gasteiger partial charge in [-0.1, -0.05) is 22.0 Å². The van der Waals surface area contributed by atoms with Crippen LogP contribution in [0.15, 0.2) is 70.0 Å². The SMILES string of the molecule is Cc1ccc(NC(=O)CN2C(=O)S/C(=C/c3cc(Br)ccc3OCc3ccc([N+](=O)[O-])cc3)C2=O)cc1C. The van der Waals surface area contributed by atoms with Crippen molar-refractivity contribution in [2.75, 3.05) is 11.9 Å². The van der Waals surface area contributed by atoms with Gasteiger partial charge in [0.05, 0.1) is 9.83 Å². The number of nitrogens with zero attached hydrogens (tertiary/aromatic N) is 2. The van der Waals surface area contributed by atoms with Gasteiger partial charge in [-0.15, -0.1) is 0 Å². The second-order valence-corrected chi connectivity index (χ2v) is 10.4. The molecule has 1 heterocycles. The van der Waals surface area contributed by atoms with Gasteiger partial charge in [0.1, 0.15) is 18.9 Å². The zero-order valence-electron chi connectivity index (χ0n) is 20.4. The molecule has 1 N–H and O–H groups in total. The zero-order chi connectivity index (χ0) is 27.4. The van der Waals surface area contributed by atoms with Crippen molar-refractivity contribution in [2.45, 2.75) is 20.5 Å². The van der Waals surface area contributed by atoms with Crippen LogP contribution in [0, 0.1) is 24.0 Å². The molecule has 0 atom stereocenters. The summed E-state index contributed by atoms with van der Waals surface area (Å²) < 4.78 is 6.64. The van der Waals surface area contributed by atoms with Crippen molar-refractivity contribution < 1.29 is 24.0 Å². The number of carbonyl (C=O) groups is 3. The molecule has 4 rings (SSSR count). The van der Waals surface area contributed by atoms with Gasteiger partial charge in [-0.05, 0) is 90.8 Å². The first kappa shape index (κ1) is 27.1. The fourth-order valence-electron chi connectivity index (χ4n) is 3.58. The van der Waals surface area contributed by atoms with E-state index >= 15 is 0 Å². The molecule has 3 aromatic carbocycles. The van der Waals surface area contributed by atoms with E-state index in [2.05, 4.69) is 21.2 Å². The third kappa shape index (κ3) is 6.48. The molecule has 3 amide bonds. The summed E-state index contributed by atoms with van der Waals surface area (Å²) >= 11 is 4.15. The summed E-state index contributed by atoms with van der Waals surface area (Å²) in [5, 5.41) is 13.0. The average Bonchev–Trinajstić information content (AvgIpc) is 3.13. The number of benzene rings is 3. The molecule has 38 heavy (non-hydrogen) atoms. The summed E-state index contributed by atoms with van der Waals surface area (Å²) in [5.41, 5.74) is 3.94. The Hall–Kier alpha value is -3.96. The number of halogens is 1. The molecule has 1 fully saturated rings. The standard InChI is InChI=1S/C27H22BrN3O6S/c1-16-3-7-21(11-17(16)2)29-25(32)14-30-26(33)24(38-27(30)34)13-19-12-20(28)6-10-23(19)37-15-18-4-8-22(9-5-18)31(35)36/h3-13H,14-15H2,1-2H3,(H,29,32)/b24-13+. The van der Waals surface area contributed by atoms with Crippen molar-refractivity contribution >= 4 is 62.2 Å². The molecule has 0 aliphatic carbocycles. The number of carbonyl (C=O) groups excluding carboxylic acids is 3. The second kappa shape index (κ2) is 11.6. The first-order chi connectivity index (χ1) is 18.1. The zero-order valence-corrected chi connectivity index (χ0v) is 22.8. The number of ether oxygens (including phenoxy) is 1. The number of nitro groups is 1. The molecule has 0 spiro atoms. The Kier molecular flexibility index (Phi) is 8.28. The Bertz CT molecular complexity index is 1470. The lowest BCUT2D eigenvalue weighted by molar-refractivity contribution is -0.384. The van der Waals surface area contributed by atoms with E-state index in [-0.39, 0.29) is 17.2 Å². The van der Waals surface area contributed by atoms with Crippen molar-refractivity contribution in [3.8, 4) is 5.75 Å². The van der Waals surface area contributed by atoms with Gasteiger partial charge in [-0.25, -0.2) is 0 Å². The van der Waals surface area contributed by atoms with E-state index in [1.807, 2.05) is 26.0 Å². The molecular weight excluding hydrogens is 574 g/mol. The van der Waals surface area contributed by atoms with Crippen LogP contribution in [0.4, 0.5) is 16.2 Å². The lowest BCUT2D eigenvalue weighted by Crippen LogP contribution is -2.36. The monoisotopic (exact) mass is 595 g/mol. The molecule has 1 aliphatic heterocycles. The maximum atomic E-state index is 13.0. The van der Waals surface area contributed by atoms with E-state index in [0.717, 1.165) is 37.8 Å². The average molecular weight is 596 g/mol. The lowest BCUT2D eigenvalue weighted by atomic mass is 10.1. The Balaban J connectivity index is 1.46. The van der Waals surface area contributed by atoms with Gasteiger partial charge in [0.2, 0.25) is 5.91 Å². The fourth-order valence-corrected chi connectivity index (χ4v) is 4.79. The number of anilines is 1. The van der Waals surface area contributed by atoms with Crippen LogP contribution in [0.25, 0.3) is 6.08 Å². The van der Waals surface area contributed by atoms with Crippen molar-refractivity contribution in [1.82, 2.24) is 4.90 Å². The number of nitrogens with one attached hydrogen (secondary N) is 1. The van der Waals surface area contributed by atoms with Gasteiger partial charge >= 0.3 is 0 Å². The Morgan fingerprint density at radius 3 is 2.50 bits per heavy atom. The largest absolute Gasteiger partial charge is 0.488 e. The number of aryl methyl sites for hydroxylation is 2. The molecule has 0 radical (unpaired) electrons. The van der Waals surface area contributed by atoms with Crippen LogP contribution in [0.5, 0.6) is 5.75 Å². The summed E-state index contributed by atoms with van der Waals surface area (Å²) in [6, 6.07) is 16.7. The predicted molar refractivity (Wildman–Crippen MR) is 149 cm³/mol. The molecule has 0 unspecified atom stereocenters. The van der Waals surface area contributed by atoms with Gasteiger partial charge in [0.25, 0.3) is 16.8 Å². The van der Waals surface area contributed by atoms with E-state index in [1.165, 1.54) is 12.1 Å². The maximum absolute atomic E-state index is 13.0. The molecular formula is C27H22BrN3O6S. The molecule has 0 aromatic heterocycles. The third-order valence-electron chi connectivity index (χ3n) is 5.77. The first-order valence-electron chi connectivity index (χ1n) is 11.4. The third-order valence-corrected chi connectivity index (χ3v) is 7.17. The fraction of sp³-hybridized carbons (Fsp3) is 0.148. The van der Waals surface area contributed by atoms with Crippen LogP contribution in [-0.4, -0.2) is 33.4 Å². The molecule has 11 heteroatoms. The highest BCUT2D eigenvalue weighted by molar-refractivity contribution is 9.10. The van der Waals surface area contributed by atoms with Crippen LogP contribution >= 0.6 is 27.7 Å². The van der Waals surface area contributed by atoms with E-state index < -0.39 is 28.5 Å². The number of hydrogen-bond acceptors (Lipinski definition) is 7. The molecule has 0 saturated carbocycles. The van der Waals surface area contributed by atoms with Gasteiger partial charge in [-0.2, -0.15) is 0 Å². The number of nitro benzene ring substituents is 1. The van der Waals surface area contributed by atoms with E-state index in [0.29, 0.717) is 17.0 Å². The number of rotatable bonds is 8. The molecule has 1 saturated heterocycles. The Morgan fingerprint density at radius 2 is 1.82 bits per heavy atom. The Labute approximate surface area is 231 Å². The van der Waals surface area contributed by atoms with Crippen molar-refractivity contribution in [1.29, 1.82) is 0 Å². The lowest BCUT2D eigenvalue weighted by Gasteiger charge is -2.13. The van der Waals surface area contributed by atoms with Crippen LogP contribution < -0.4 is 10.1 Å². The first-order valence-corrected chi connectivity index (χ1v) is 13.0. The smallest absolute Gasteiger partial charge is 0.294 e. The van der Waals surface area contributed by atoms with E-state index in [9.17, 15) is 24.5 Å². The van der Waals surface area contributed by atoms with Crippen LogP contribution in [-0.2, 0) is 16.2 Å². The van der Waals surface area contributed by atoms with Crippen molar-refractivity contribution in [3.05, 3.63) is 102 Å². The minimum atomic E-state index is -0.573. The van der Waals surface area contributed by atoms with Gasteiger partial charge in [0, 0.05) is 27.9 Å².